The molecule has 2 aliphatic heterocycles. The molecule has 106 valence electrons. The summed E-state index contributed by atoms with van der Waals surface area (Å²) in [5.41, 5.74) is 7.61. The van der Waals surface area contributed by atoms with Crippen LogP contribution in [0, 0.1) is 0 Å². The van der Waals surface area contributed by atoms with E-state index in [1.165, 1.54) is 22.5 Å². The van der Waals surface area contributed by atoms with Crippen molar-refractivity contribution in [1.29, 1.82) is 0 Å². The van der Waals surface area contributed by atoms with Crippen molar-refractivity contribution in [1.82, 2.24) is 0 Å². The molecule has 0 saturated carbocycles. The molecule has 0 amide bonds. The van der Waals surface area contributed by atoms with Gasteiger partial charge in [-0.05, 0) is 23.3 Å². The molecule has 1 aromatic carbocycles. The van der Waals surface area contributed by atoms with Crippen molar-refractivity contribution >= 4 is 11.4 Å². The van der Waals surface area contributed by atoms with Gasteiger partial charge >= 0.3 is 0 Å². The zero-order valence-electron chi connectivity index (χ0n) is 13.5. The third-order valence-electron chi connectivity index (χ3n) is 5.44. The third kappa shape index (κ3) is 1.29. The average Bonchev–Trinajstić information content (AvgIpc) is 2.67. The van der Waals surface area contributed by atoms with E-state index in [0.29, 0.717) is 0 Å². The van der Waals surface area contributed by atoms with Gasteiger partial charge in [0.1, 0.15) is 0 Å². The standard InChI is InChI=1S/C18H24N2/c1-11-17(3,4)13-9-16-14(10-15(13)19(11)7)18(5,6)12(2)20(16)8/h9-10H,1-2H2,3-8H3. The Labute approximate surface area is 122 Å². The largest absolute Gasteiger partial charge is 0.348 e. The summed E-state index contributed by atoms with van der Waals surface area (Å²) in [7, 11) is 4.23. The van der Waals surface area contributed by atoms with Gasteiger partial charge < -0.3 is 9.80 Å². The Morgan fingerprint density at radius 3 is 1.35 bits per heavy atom. The Kier molecular flexibility index (Phi) is 2.32. The first-order valence-corrected chi connectivity index (χ1v) is 7.15. The van der Waals surface area contributed by atoms with Crippen LogP contribution >= 0.6 is 0 Å². The Morgan fingerprint density at radius 1 is 0.750 bits per heavy atom. The summed E-state index contributed by atoms with van der Waals surface area (Å²) in [6.07, 6.45) is 0. The Hall–Kier alpha value is -1.70. The van der Waals surface area contributed by atoms with E-state index in [2.05, 4.69) is 76.9 Å². The minimum atomic E-state index is -0.00593. The highest BCUT2D eigenvalue weighted by atomic mass is 15.2. The summed E-state index contributed by atoms with van der Waals surface area (Å²) in [5.74, 6) is 0. The van der Waals surface area contributed by atoms with Crippen LogP contribution in [0.25, 0.3) is 0 Å². The van der Waals surface area contributed by atoms with Gasteiger partial charge in [0.15, 0.2) is 0 Å². The maximum absolute atomic E-state index is 4.27. The van der Waals surface area contributed by atoms with Crippen LogP contribution in [0.5, 0.6) is 0 Å². The fraction of sp³-hybridized carbons (Fsp3) is 0.444. The van der Waals surface area contributed by atoms with E-state index in [0.717, 1.165) is 11.4 Å². The summed E-state index contributed by atoms with van der Waals surface area (Å²) in [4.78, 5) is 4.46. The average molecular weight is 268 g/mol. The molecule has 0 unspecified atom stereocenters. The maximum Gasteiger partial charge on any atom is 0.0452 e. The van der Waals surface area contributed by atoms with Crippen LogP contribution in [-0.4, -0.2) is 14.1 Å². The van der Waals surface area contributed by atoms with E-state index in [4.69, 9.17) is 0 Å². The van der Waals surface area contributed by atoms with Crippen molar-refractivity contribution in [3.63, 3.8) is 0 Å². The highest BCUT2D eigenvalue weighted by Gasteiger charge is 2.43. The fourth-order valence-electron chi connectivity index (χ4n) is 3.57. The van der Waals surface area contributed by atoms with Gasteiger partial charge in [0, 0.05) is 47.7 Å². The van der Waals surface area contributed by atoms with Gasteiger partial charge in [-0.25, -0.2) is 0 Å². The number of rotatable bonds is 0. The number of benzene rings is 1. The molecule has 0 fully saturated rings. The van der Waals surface area contributed by atoms with Crippen LogP contribution in [0.4, 0.5) is 11.4 Å². The van der Waals surface area contributed by atoms with Crippen molar-refractivity contribution in [2.45, 2.75) is 38.5 Å². The summed E-state index contributed by atoms with van der Waals surface area (Å²) in [5, 5.41) is 0. The summed E-state index contributed by atoms with van der Waals surface area (Å²) >= 11 is 0. The Balaban J connectivity index is 2.31. The highest BCUT2D eigenvalue weighted by Crippen LogP contribution is 2.54. The van der Waals surface area contributed by atoms with Crippen LogP contribution in [0.2, 0.25) is 0 Å². The second-order valence-corrected chi connectivity index (χ2v) is 7.15. The summed E-state index contributed by atoms with van der Waals surface area (Å²) < 4.78 is 0. The minimum absolute atomic E-state index is 0.00593. The van der Waals surface area contributed by atoms with E-state index in [-0.39, 0.29) is 10.8 Å². The van der Waals surface area contributed by atoms with Gasteiger partial charge in [0.25, 0.3) is 0 Å². The maximum atomic E-state index is 4.27. The summed E-state index contributed by atoms with van der Waals surface area (Å²) in [6.45, 7) is 17.5. The van der Waals surface area contributed by atoms with Crippen molar-refractivity contribution < 1.29 is 0 Å². The minimum Gasteiger partial charge on any atom is -0.348 e. The number of allylic oxidation sites excluding steroid dienone is 2. The highest BCUT2D eigenvalue weighted by molar-refractivity contribution is 5.80. The molecule has 20 heavy (non-hydrogen) atoms. The Bertz CT molecular complexity index is 592. The number of fused-ring (bicyclic) bond motifs is 2. The lowest BCUT2D eigenvalue weighted by Gasteiger charge is -2.23. The predicted molar refractivity (Wildman–Crippen MR) is 87.6 cm³/mol. The molecule has 0 saturated heterocycles. The van der Waals surface area contributed by atoms with E-state index < -0.39 is 0 Å². The van der Waals surface area contributed by atoms with Gasteiger partial charge in [0.05, 0.1) is 0 Å². The second kappa shape index (κ2) is 3.49. The molecule has 2 aliphatic rings. The SMILES string of the molecule is C=C1N(C)c2cc3c(cc2C1(C)C)N(C)C(=C)C3(C)C. The van der Waals surface area contributed by atoms with Gasteiger partial charge in [-0.3, -0.25) is 0 Å². The molecule has 2 heteroatoms. The zero-order valence-corrected chi connectivity index (χ0v) is 13.5. The first-order chi connectivity index (χ1) is 9.10. The van der Waals surface area contributed by atoms with E-state index in [1.807, 2.05) is 0 Å². The van der Waals surface area contributed by atoms with Crippen molar-refractivity contribution in [3.8, 4) is 0 Å². The monoisotopic (exact) mass is 268 g/mol. The lowest BCUT2D eigenvalue weighted by molar-refractivity contribution is 0.641. The lowest BCUT2D eigenvalue weighted by Crippen LogP contribution is -2.22. The van der Waals surface area contributed by atoms with Crippen molar-refractivity contribution in [2.75, 3.05) is 23.9 Å². The molecule has 0 aliphatic carbocycles. The topological polar surface area (TPSA) is 6.48 Å². The molecule has 0 aromatic heterocycles. The predicted octanol–water partition coefficient (Wildman–Crippen LogP) is 4.17. The third-order valence-corrected chi connectivity index (χ3v) is 5.44. The van der Waals surface area contributed by atoms with E-state index in [1.54, 1.807) is 0 Å². The Morgan fingerprint density at radius 2 is 1.05 bits per heavy atom. The quantitative estimate of drug-likeness (QED) is 0.697. The van der Waals surface area contributed by atoms with Crippen molar-refractivity contribution in [3.05, 3.63) is 47.8 Å². The smallest absolute Gasteiger partial charge is 0.0452 e. The van der Waals surface area contributed by atoms with Gasteiger partial charge in [-0.1, -0.05) is 40.9 Å². The van der Waals surface area contributed by atoms with Crippen LogP contribution < -0.4 is 9.80 Å². The number of anilines is 2. The van der Waals surface area contributed by atoms with Gasteiger partial charge in [-0.15, -0.1) is 0 Å². The molecular formula is C18H24N2. The first-order valence-electron chi connectivity index (χ1n) is 7.15. The molecule has 0 atom stereocenters. The molecule has 2 nitrogen and oxygen atoms in total. The van der Waals surface area contributed by atoms with Gasteiger partial charge in [0.2, 0.25) is 0 Å². The first kappa shape index (κ1) is 13.3. The van der Waals surface area contributed by atoms with Gasteiger partial charge in [-0.2, -0.15) is 0 Å². The molecule has 3 rings (SSSR count). The van der Waals surface area contributed by atoms with Crippen LogP contribution in [0.15, 0.2) is 36.7 Å². The lowest BCUT2D eigenvalue weighted by atomic mass is 9.80. The molecule has 1 aromatic rings. The molecule has 0 spiro atoms. The summed E-state index contributed by atoms with van der Waals surface area (Å²) in [6, 6.07) is 4.67. The van der Waals surface area contributed by atoms with E-state index >= 15 is 0 Å². The van der Waals surface area contributed by atoms with E-state index in [9.17, 15) is 0 Å². The number of hydrogen-bond donors (Lipinski definition) is 0. The molecule has 0 bridgehead atoms. The molecule has 0 N–H and O–H groups in total. The second-order valence-electron chi connectivity index (χ2n) is 7.15. The molecule has 0 radical (unpaired) electrons. The fourth-order valence-corrected chi connectivity index (χ4v) is 3.57. The number of hydrogen-bond acceptors (Lipinski definition) is 2. The normalized spacial score (nSPS) is 22.3. The molecular weight excluding hydrogens is 244 g/mol. The van der Waals surface area contributed by atoms with Crippen LogP contribution in [-0.2, 0) is 10.8 Å². The number of likely N-dealkylation sites (N-methyl/N-ethyl adjacent to an activating group) is 2. The number of nitrogens with zero attached hydrogens (tertiary/aromatic N) is 2. The van der Waals surface area contributed by atoms with Crippen LogP contribution in [0.3, 0.4) is 0 Å². The molecule has 2 heterocycles. The zero-order chi connectivity index (χ0) is 15.0. The van der Waals surface area contributed by atoms with Crippen LogP contribution in [0.1, 0.15) is 38.8 Å². The van der Waals surface area contributed by atoms with Crippen molar-refractivity contribution in [2.24, 2.45) is 0 Å².